The molecule has 2 nitrogen and oxygen atoms in total. The Morgan fingerprint density at radius 1 is 0.833 bits per heavy atom. The first-order chi connectivity index (χ1) is 11.7. The third-order valence-electron chi connectivity index (χ3n) is 5.01. The average Bonchev–Trinajstić information content (AvgIpc) is 2.97. The maximum Gasteiger partial charge on any atom is 0.0414 e. The Labute approximate surface area is 143 Å². The van der Waals surface area contributed by atoms with E-state index in [4.69, 9.17) is 5.73 Å². The van der Waals surface area contributed by atoms with E-state index >= 15 is 0 Å². The Kier molecular flexibility index (Phi) is 3.53. The van der Waals surface area contributed by atoms with Crippen LogP contribution in [0.1, 0.15) is 23.6 Å². The van der Waals surface area contributed by atoms with Gasteiger partial charge >= 0.3 is 0 Å². The maximum atomic E-state index is 5.94. The lowest BCUT2D eigenvalue weighted by molar-refractivity contribution is 1.13. The van der Waals surface area contributed by atoms with Gasteiger partial charge in [-0.2, -0.15) is 0 Å². The van der Waals surface area contributed by atoms with Gasteiger partial charge in [-0.25, -0.2) is 0 Å². The number of nitrogens with zero attached hydrogens (tertiary/aromatic N) is 1. The molecule has 0 fully saturated rings. The molecule has 0 spiro atoms. The number of rotatable bonds is 3. The van der Waals surface area contributed by atoms with Crippen LogP contribution in [-0.2, 0) is 12.8 Å². The van der Waals surface area contributed by atoms with Gasteiger partial charge in [0.1, 0.15) is 0 Å². The largest absolute Gasteiger partial charge is 0.399 e. The van der Waals surface area contributed by atoms with Crippen molar-refractivity contribution in [1.29, 1.82) is 0 Å². The Morgan fingerprint density at radius 3 is 2.33 bits per heavy atom. The number of nitrogens with two attached hydrogens (primary N) is 1. The summed E-state index contributed by atoms with van der Waals surface area (Å²) in [5.41, 5.74) is 15.9. The van der Waals surface area contributed by atoms with Crippen molar-refractivity contribution in [1.82, 2.24) is 0 Å². The van der Waals surface area contributed by atoms with Crippen molar-refractivity contribution in [3.63, 3.8) is 0 Å². The average molecular weight is 314 g/mol. The monoisotopic (exact) mass is 314 g/mol. The molecule has 0 bridgehead atoms. The summed E-state index contributed by atoms with van der Waals surface area (Å²) in [5, 5.41) is 0. The highest BCUT2D eigenvalue weighted by molar-refractivity contribution is 5.82. The first-order valence-electron chi connectivity index (χ1n) is 8.50. The van der Waals surface area contributed by atoms with Gasteiger partial charge in [0.15, 0.2) is 0 Å². The van der Waals surface area contributed by atoms with Crippen LogP contribution in [0.5, 0.6) is 0 Å². The molecular weight excluding hydrogens is 292 g/mol. The van der Waals surface area contributed by atoms with Crippen molar-refractivity contribution in [2.45, 2.75) is 19.8 Å². The topological polar surface area (TPSA) is 29.3 Å². The first kappa shape index (κ1) is 14.8. The number of nitrogen functional groups attached to an aromatic ring is 1. The highest BCUT2D eigenvalue weighted by atomic mass is 15.1. The normalized spacial score (nSPS) is 11.9. The lowest BCUT2D eigenvalue weighted by Crippen LogP contribution is -2.09. The van der Waals surface area contributed by atoms with E-state index in [1.54, 1.807) is 0 Å². The minimum Gasteiger partial charge on any atom is -0.399 e. The SMILES string of the molecule is CCc1ccc(N(C)c2ccc3c(c2)-c2ccc(N)cc2C3)cc1. The van der Waals surface area contributed by atoms with E-state index in [9.17, 15) is 0 Å². The minimum absolute atomic E-state index is 0.843. The molecule has 24 heavy (non-hydrogen) atoms. The Bertz CT molecular complexity index is 894. The van der Waals surface area contributed by atoms with E-state index in [0.29, 0.717) is 0 Å². The zero-order valence-corrected chi connectivity index (χ0v) is 14.2. The number of hydrogen-bond donors (Lipinski definition) is 1. The molecule has 1 aliphatic rings. The molecule has 4 rings (SSSR count). The summed E-state index contributed by atoms with van der Waals surface area (Å²) in [4.78, 5) is 2.25. The van der Waals surface area contributed by atoms with Gasteiger partial charge in [0, 0.05) is 24.1 Å². The van der Waals surface area contributed by atoms with E-state index in [2.05, 4.69) is 73.5 Å². The second-order valence-corrected chi connectivity index (χ2v) is 6.51. The fraction of sp³-hybridized carbons (Fsp3) is 0.182. The van der Waals surface area contributed by atoms with Gasteiger partial charge in [-0.05, 0) is 77.1 Å². The molecule has 0 atom stereocenters. The van der Waals surface area contributed by atoms with E-state index < -0.39 is 0 Å². The maximum absolute atomic E-state index is 5.94. The molecule has 1 aliphatic carbocycles. The summed E-state index contributed by atoms with van der Waals surface area (Å²) in [6.07, 6.45) is 2.05. The molecule has 2 heteroatoms. The minimum atomic E-state index is 0.843. The smallest absolute Gasteiger partial charge is 0.0414 e. The third kappa shape index (κ3) is 2.44. The van der Waals surface area contributed by atoms with Gasteiger partial charge in [-0.15, -0.1) is 0 Å². The molecule has 0 saturated carbocycles. The van der Waals surface area contributed by atoms with Crippen LogP contribution in [0.2, 0.25) is 0 Å². The molecule has 0 heterocycles. The molecule has 0 saturated heterocycles. The van der Waals surface area contributed by atoms with Crippen molar-refractivity contribution in [2.75, 3.05) is 17.7 Å². The molecule has 0 aliphatic heterocycles. The Hall–Kier alpha value is -2.74. The van der Waals surface area contributed by atoms with E-state index in [-0.39, 0.29) is 0 Å². The van der Waals surface area contributed by atoms with Gasteiger partial charge in [0.25, 0.3) is 0 Å². The third-order valence-corrected chi connectivity index (χ3v) is 5.01. The molecule has 0 radical (unpaired) electrons. The Morgan fingerprint density at radius 2 is 1.58 bits per heavy atom. The molecular formula is C22H22N2. The number of aryl methyl sites for hydroxylation is 1. The number of fused-ring (bicyclic) bond motifs is 3. The van der Waals surface area contributed by atoms with Crippen molar-refractivity contribution >= 4 is 17.1 Å². The van der Waals surface area contributed by atoms with Gasteiger partial charge in [-0.3, -0.25) is 0 Å². The predicted molar refractivity (Wildman–Crippen MR) is 103 cm³/mol. The summed E-state index contributed by atoms with van der Waals surface area (Å²) in [7, 11) is 2.13. The molecule has 3 aromatic carbocycles. The van der Waals surface area contributed by atoms with Gasteiger partial charge < -0.3 is 10.6 Å². The van der Waals surface area contributed by atoms with Crippen LogP contribution in [0.25, 0.3) is 11.1 Å². The lowest BCUT2D eigenvalue weighted by Gasteiger charge is -2.21. The zero-order valence-electron chi connectivity index (χ0n) is 14.2. The highest BCUT2D eigenvalue weighted by Crippen LogP contribution is 2.40. The van der Waals surface area contributed by atoms with E-state index in [1.165, 1.54) is 39.2 Å². The standard InChI is InChI=1S/C22H22N2/c1-3-15-4-8-19(9-5-15)24(2)20-10-6-16-12-17-13-18(23)7-11-21(17)22(16)14-20/h4-11,13-14H,3,12,23H2,1-2H3. The van der Waals surface area contributed by atoms with Crippen molar-refractivity contribution in [3.05, 3.63) is 77.4 Å². The van der Waals surface area contributed by atoms with Crippen LogP contribution in [0.3, 0.4) is 0 Å². The molecule has 0 unspecified atom stereocenters. The number of anilines is 3. The van der Waals surface area contributed by atoms with Crippen LogP contribution in [0.15, 0.2) is 60.7 Å². The molecule has 0 aromatic heterocycles. The van der Waals surface area contributed by atoms with Crippen LogP contribution < -0.4 is 10.6 Å². The van der Waals surface area contributed by atoms with E-state index in [0.717, 1.165) is 18.5 Å². The summed E-state index contributed by atoms with van der Waals surface area (Å²) in [5.74, 6) is 0. The van der Waals surface area contributed by atoms with Crippen LogP contribution >= 0.6 is 0 Å². The van der Waals surface area contributed by atoms with Crippen molar-refractivity contribution in [2.24, 2.45) is 0 Å². The highest BCUT2D eigenvalue weighted by Gasteiger charge is 2.19. The molecule has 2 N–H and O–H groups in total. The second-order valence-electron chi connectivity index (χ2n) is 6.51. The second kappa shape index (κ2) is 5.72. The summed E-state index contributed by atoms with van der Waals surface area (Å²) in [6, 6.07) is 21.8. The predicted octanol–water partition coefficient (Wildman–Crippen LogP) is 5.17. The summed E-state index contributed by atoms with van der Waals surface area (Å²) in [6.45, 7) is 2.18. The fourth-order valence-electron chi connectivity index (χ4n) is 3.51. The van der Waals surface area contributed by atoms with Gasteiger partial charge in [0.2, 0.25) is 0 Å². The molecule has 0 amide bonds. The van der Waals surface area contributed by atoms with Crippen LogP contribution in [0.4, 0.5) is 17.1 Å². The van der Waals surface area contributed by atoms with E-state index in [1.807, 2.05) is 6.07 Å². The summed E-state index contributed by atoms with van der Waals surface area (Å²) >= 11 is 0. The first-order valence-corrected chi connectivity index (χ1v) is 8.50. The lowest BCUT2D eigenvalue weighted by atomic mass is 10.0. The van der Waals surface area contributed by atoms with Crippen LogP contribution in [0, 0.1) is 0 Å². The van der Waals surface area contributed by atoms with Gasteiger partial charge in [0.05, 0.1) is 0 Å². The fourth-order valence-corrected chi connectivity index (χ4v) is 3.51. The number of benzene rings is 3. The molecule has 120 valence electrons. The molecule has 3 aromatic rings. The van der Waals surface area contributed by atoms with Crippen molar-refractivity contribution < 1.29 is 0 Å². The quantitative estimate of drug-likeness (QED) is 0.529. The zero-order chi connectivity index (χ0) is 16.7. The van der Waals surface area contributed by atoms with Crippen molar-refractivity contribution in [3.8, 4) is 11.1 Å². The number of hydrogen-bond acceptors (Lipinski definition) is 2. The van der Waals surface area contributed by atoms with Crippen LogP contribution in [-0.4, -0.2) is 7.05 Å². The Balaban J connectivity index is 1.71. The van der Waals surface area contributed by atoms with Gasteiger partial charge in [-0.1, -0.05) is 31.2 Å². The summed E-state index contributed by atoms with van der Waals surface area (Å²) < 4.78 is 0.